The molecule has 5 nitrogen and oxygen atoms in total. The Morgan fingerprint density at radius 1 is 1.28 bits per heavy atom. The van der Waals surface area contributed by atoms with Crippen LogP contribution in [0.1, 0.15) is 19.3 Å². The highest BCUT2D eigenvalue weighted by Crippen LogP contribution is 2.18. The van der Waals surface area contributed by atoms with E-state index >= 15 is 0 Å². The van der Waals surface area contributed by atoms with Gasteiger partial charge in [0.15, 0.2) is 0 Å². The normalized spacial score (nSPS) is 22.3. The van der Waals surface area contributed by atoms with Crippen molar-refractivity contribution in [2.45, 2.75) is 25.3 Å². The van der Waals surface area contributed by atoms with Crippen molar-refractivity contribution in [3.8, 4) is 0 Å². The Labute approximate surface area is 110 Å². The number of urea groups is 1. The summed E-state index contributed by atoms with van der Waals surface area (Å²) in [5.41, 5.74) is 0. The van der Waals surface area contributed by atoms with Gasteiger partial charge in [0.2, 0.25) is 0 Å². The maximum absolute atomic E-state index is 12.3. The van der Waals surface area contributed by atoms with Crippen molar-refractivity contribution < 1.29 is 4.79 Å². The molecule has 0 radical (unpaired) electrons. The summed E-state index contributed by atoms with van der Waals surface area (Å²) in [7, 11) is 4.15. The number of rotatable bonds is 5. The molecule has 2 fully saturated rings. The van der Waals surface area contributed by atoms with Gasteiger partial charge >= 0.3 is 6.03 Å². The molecule has 2 saturated heterocycles. The fourth-order valence-corrected chi connectivity index (χ4v) is 2.84. The molecule has 2 rings (SSSR count). The highest BCUT2D eigenvalue weighted by atomic mass is 16.2. The summed E-state index contributed by atoms with van der Waals surface area (Å²) in [4.78, 5) is 18.6. The van der Waals surface area contributed by atoms with Gasteiger partial charge in [-0.1, -0.05) is 0 Å². The number of hydrogen-bond donors (Lipinski definition) is 1. The summed E-state index contributed by atoms with van der Waals surface area (Å²) in [6, 6.07) is 0.734. The lowest BCUT2D eigenvalue weighted by atomic mass is 10.1. The minimum Gasteiger partial charge on any atom is -0.323 e. The van der Waals surface area contributed by atoms with E-state index < -0.39 is 0 Å². The van der Waals surface area contributed by atoms with Crippen molar-refractivity contribution in [3.63, 3.8) is 0 Å². The molecule has 0 bridgehead atoms. The van der Waals surface area contributed by atoms with E-state index in [2.05, 4.69) is 29.2 Å². The first-order valence-corrected chi connectivity index (χ1v) is 7.09. The van der Waals surface area contributed by atoms with Gasteiger partial charge in [-0.3, -0.25) is 0 Å². The number of nitrogens with one attached hydrogen (secondary N) is 1. The Morgan fingerprint density at radius 2 is 2.00 bits per heavy atom. The molecule has 1 N–H and O–H groups in total. The maximum Gasteiger partial charge on any atom is 0.320 e. The zero-order chi connectivity index (χ0) is 13.0. The zero-order valence-corrected chi connectivity index (χ0v) is 11.7. The van der Waals surface area contributed by atoms with Crippen molar-refractivity contribution in [3.05, 3.63) is 0 Å². The van der Waals surface area contributed by atoms with Crippen LogP contribution >= 0.6 is 0 Å². The monoisotopic (exact) mass is 254 g/mol. The smallest absolute Gasteiger partial charge is 0.320 e. The molecule has 0 atom stereocenters. The minimum absolute atomic E-state index is 0.264. The molecule has 2 aliphatic heterocycles. The fraction of sp³-hybridized carbons (Fsp3) is 0.923. The summed E-state index contributed by atoms with van der Waals surface area (Å²) >= 11 is 0. The molecule has 0 spiro atoms. The third-order valence-electron chi connectivity index (χ3n) is 3.91. The van der Waals surface area contributed by atoms with E-state index in [4.69, 9.17) is 0 Å². The molecule has 0 aromatic rings. The quantitative estimate of drug-likeness (QED) is 0.773. The van der Waals surface area contributed by atoms with E-state index in [1.807, 2.05) is 4.90 Å². The van der Waals surface area contributed by atoms with Gasteiger partial charge in [-0.15, -0.1) is 0 Å². The number of amides is 2. The molecular formula is C13H26N4O. The predicted octanol–water partition coefficient (Wildman–Crippen LogP) is 0.428. The van der Waals surface area contributed by atoms with Crippen LogP contribution < -0.4 is 5.32 Å². The van der Waals surface area contributed by atoms with Crippen LogP contribution in [0.5, 0.6) is 0 Å². The lowest BCUT2D eigenvalue weighted by Crippen LogP contribution is -2.45. The highest BCUT2D eigenvalue weighted by molar-refractivity contribution is 5.76. The second-order valence-corrected chi connectivity index (χ2v) is 5.60. The average Bonchev–Trinajstić information content (AvgIpc) is 2.72. The van der Waals surface area contributed by atoms with E-state index in [0.29, 0.717) is 6.04 Å². The molecule has 18 heavy (non-hydrogen) atoms. The molecule has 5 heteroatoms. The van der Waals surface area contributed by atoms with Crippen molar-refractivity contribution in [2.24, 2.45) is 0 Å². The topological polar surface area (TPSA) is 38.8 Å². The van der Waals surface area contributed by atoms with Gasteiger partial charge in [0, 0.05) is 25.7 Å². The summed E-state index contributed by atoms with van der Waals surface area (Å²) < 4.78 is 0. The lowest BCUT2D eigenvalue weighted by Gasteiger charge is -2.31. The van der Waals surface area contributed by atoms with Gasteiger partial charge in [0.1, 0.15) is 0 Å². The van der Waals surface area contributed by atoms with Gasteiger partial charge in [-0.05, 0) is 53.0 Å². The largest absolute Gasteiger partial charge is 0.323 e. The molecule has 0 aromatic heterocycles. The predicted molar refractivity (Wildman–Crippen MR) is 72.7 cm³/mol. The van der Waals surface area contributed by atoms with E-state index in [-0.39, 0.29) is 6.03 Å². The molecule has 0 aliphatic carbocycles. The molecule has 104 valence electrons. The molecule has 0 saturated carbocycles. The van der Waals surface area contributed by atoms with Crippen molar-refractivity contribution in [1.29, 1.82) is 0 Å². The molecule has 2 aliphatic rings. The minimum atomic E-state index is 0.264. The van der Waals surface area contributed by atoms with E-state index in [0.717, 1.165) is 58.5 Å². The van der Waals surface area contributed by atoms with Crippen LogP contribution in [0.25, 0.3) is 0 Å². The van der Waals surface area contributed by atoms with Gasteiger partial charge in [0.05, 0.1) is 0 Å². The zero-order valence-electron chi connectivity index (χ0n) is 11.7. The van der Waals surface area contributed by atoms with E-state index in [1.54, 1.807) is 0 Å². The maximum atomic E-state index is 12.3. The second kappa shape index (κ2) is 6.38. The Balaban J connectivity index is 1.77. The Hall–Kier alpha value is -0.810. The standard InChI is InChI=1S/C13H26N4O/c1-15(2)8-3-9-16-10-11-17(13(16)18)12-4-6-14-7-5-12/h12,14H,3-11H2,1-2H3. The van der Waals surface area contributed by atoms with Crippen molar-refractivity contribution in [2.75, 3.05) is 53.4 Å². The molecule has 0 aromatic carbocycles. The first-order valence-electron chi connectivity index (χ1n) is 7.09. The third kappa shape index (κ3) is 3.36. The second-order valence-electron chi connectivity index (χ2n) is 5.60. The average molecular weight is 254 g/mol. The van der Waals surface area contributed by atoms with E-state index in [9.17, 15) is 4.79 Å². The summed E-state index contributed by atoms with van der Waals surface area (Å²) in [6.07, 6.45) is 3.29. The number of carbonyl (C=O) groups excluding carboxylic acids is 1. The van der Waals surface area contributed by atoms with Gasteiger partial charge in [-0.2, -0.15) is 0 Å². The number of hydrogen-bond acceptors (Lipinski definition) is 3. The number of nitrogens with zero attached hydrogens (tertiary/aromatic N) is 3. The first-order chi connectivity index (χ1) is 8.68. The van der Waals surface area contributed by atoms with Crippen LogP contribution in [0.3, 0.4) is 0 Å². The molecule has 2 heterocycles. The van der Waals surface area contributed by atoms with Crippen molar-refractivity contribution >= 4 is 6.03 Å². The summed E-state index contributed by atoms with van der Waals surface area (Å²) in [5.74, 6) is 0. The van der Waals surface area contributed by atoms with Crippen LogP contribution in [-0.4, -0.2) is 80.1 Å². The Kier molecular flexibility index (Phi) is 4.83. The van der Waals surface area contributed by atoms with Gasteiger partial charge in [-0.25, -0.2) is 4.79 Å². The van der Waals surface area contributed by atoms with Crippen LogP contribution in [0, 0.1) is 0 Å². The van der Waals surface area contributed by atoms with E-state index in [1.165, 1.54) is 0 Å². The first kappa shape index (κ1) is 13.6. The van der Waals surface area contributed by atoms with Gasteiger partial charge < -0.3 is 20.0 Å². The lowest BCUT2D eigenvalue weighted by molar-refractivity contribution is 0.165. The van der Waals surface area contributed by atoms with Crippen LogP contribution in [0.2, 0.25) is 0 Å². The summed E-state index contributed by atoms with van der Waals surface area (Å²) in [6.45, 7) is 5.89. The van der Waals surface area contributed by atoms with Crippen LogP contribution in [0.15, 0.2) is 0 Å². The third-order valence-corrected chi connectivity index (χ3v) is 3.91. The van der Waals surface area contributed by atoms with Crippen molar-refractivity contribution in [1.82, 2.24) is 20.0 Å². The number of carbonyl (C=O) groups is 1. The SMILES string of the molecule is CN(C)CCCN1CCN(C2CCNCC2)C1=O. The van der Waals surface area contributed by atoms with Crippen LogP contribution in [-0.2, 0) is 0 Å². The molecule has 2 amide bonds. The van der Waals surface area contributed by atoms with Crippen LogP contribution in [0.4, 0.5) is 4.79 Å². The Morgan fingerprint density at radius 3 is 2.67 bits per heavy atom. The Bertz CT molecular complexity index is 276. The fourth-order valence-electron chi connectivity index (χ4n) is 2.84. The molecular weight excluding hydrogens is 228 g/mol. The molecule has 0 unspecified atom stereocenters. The highest BCUT2D eigenvalue weighted by Gasteiger charge is 2.33. The van der Waals surface area contributed by atoms with Gasteiger partial charge in [0.25, 0.3) is 0 Å². The summed E-state index contributed by atoms with van der Waals surface area (Å²) in [5, 5.41) is 3.35. The number of piperidine rings is 1.